The third-order valence-electron chi connectivity index (χ3n) is 4.11. The highest BCUT2D eigenvalue weighted by Crippen LogP contribution is 2.29. The van der Waals surface area contributed by atoms with Crippen molar-refractivity contribution in [2.24, 2.45) is 0 Å². The van der Waals surface area contributed by atoms with Crippen LogP contribution in [0, 0.1) is 0 Å². The Kier molecular flexibility index (Phi) is 7.14. The summed E-state index contributed by atoms with van der Waals surface area (Å²) < 4.78 is 9.49. The molecular formula is C19H25N5O4. The molecular weight excluding hydrogens is 362 g/mol. The van der Waals surface area contributed by atoms with Crippen LogP contribution in [0.5, 0.6) is 0 Å². The average molecular weight is 387 g/mol. The maximum atomic E-state index is 11.9. The molecule has 0 saturated carbocycles. The van der Waals surface area contributed by atoms with E-state index < -0.39 is 11.9 Å². The number of esters is 2. The van der Waals surface area contributed by atoms with Gasteiger partial charge in [0.15, 0.2) is 11.6 Å². The highest BCUT2D eigenvalue weighted by Gasteiger charge is 2.16. The summed E-state index contributed by atoms with van der Waals surface area (Å²) in [5.41, 5.74) is 7.44. The van der Waals surface area contributed by atoms with Crippen molar-refractivity contribution < 1.29 is 19.1 Å². The van der Waals surface area contributed by atoms with Crippen molar-refractivity contribution >= 4 is 34.9 Å². The minimum absolute atomic E-state index is 0.195. The first kappa shape index (κ1) is 20.9. The maximum Gasteiger partial charge on any atom is 0.337 e. The Labute approximate surface area is 163 Å². The molecule has 1 aromatic heterocycles. The molecule has 0 amide bonds. The number of nitrogens with one attached hydrogen (secondary N) is 1. The van der Waals surface area contributed by atoms with Crippen molar-refractivity contribution in [3.63, 3.8) is 0 Å². The van der Waals surface area contributed by atoms with Gasteiger partial charge in [-0.2, -0.15) is 0 Å². The Balaban J connectivity index is 2.39. The second-order valence-corrected chi connectivity index (χ2v) is 6.14. The summed E-state index contributed by atoms with van der Waals surface area (Å²) in [7, 11) is 4.44. The minimum atomic E-state index is -0.579. The van der Waals surface area contributed by atoms with Gasteiger partial charge >= 0.3 is 11.9 Å². The number of hydrogen-bond acceptors (Lipinski definition) is 9. The molecule has 2 aromatic rings. The molecule has 0 unspecified atom stereocenters. The summed E-state index contributed by atoms with van der Waals surface area (Å²) in [5.74, 6) is -0.191. The molecule has 0 fully saturated rings. The topological polar surface area (TPSA) is 120 Å². The van der Waals surface area contributed by atoms with Crippen LogP contribution in [0.25, 0.3) is 0 Å². The van der Waals surface area contributed by atoms with E-state index in [1.54, 1.807) is 12.1 Å². The zero-order valence-electron chi connectivity index (χ0n) is 16.5. The number of methoxy groups -OCH3 is 2. The van der Waals surface area contributed by atoms with Crippen LogP contribution in [0.1, 0.15) is 40.5 Å². The van der Waals surface area contributed by atoms with Gasteiger partial charge < -0.3 is 25.4 Å². The molecule has 1 aromatic carbocycles. The Bertz CT molecular complexity index is 822. The molecule has 2 rings (SSSR count). The second-order valence-electron chi connectivity index (χ2n) is 6.14. The second kappa shape index (κ2) is 9.54. The molecule has 28 heavy (non-hydrogen) atoms. The van der Waals surface area contributed by atoms with Crippen LogP contribution in [0.15, 0.2) is 24.5 Å². The van der Waals surface area contributed by atoms with Crippen molar-refractivity contribution in [3.8, 4) is 0 Å². The number of anilines is 4. The molecule has 1 heterocycles. The van der Waals surface area contributed by atoms with E-state index in [9.17, 15) is 9.59 Å². The van der Waals surface area contributed by atoms with Gasteiger partial charge in [0.1, 0.15) is 12.0 Å². The third-order valence-corrected chi connectivity index (χ3v) is 4.11. The van der Waals surface area contributed by atoms with Gasteiger partial charge in [-0.3, -0.25) is 0 Å². The predicted molar refractivity (Wildman–Crippen MR) is 107 cm³/mol. The van der Waals surface area contributed by atoms with Gasteiger partial charge in [-0.05, 0) is 24.6 Å². The Morgan fingerprint density at radius 2 is 1.71 bits per heavy atom. The van der Waals surface area contributed by atoms with Crippen LogP contribution >= 0.6 is 0 Å². The van der Waals surface area contributed by atoms with E-state index in [-0.39, 0.29) is 11.1 Å². The fourth-order valence-electron chi connectivity index (χ4n) is 2.60. The number of hydrogen-bond donors (Lipinski definition) is 2. The van der Waals surface area contributed by atoms with Gasteiger partial charge in [0.05, 0.1) is 25.3 Å². The lowest BCUT2D eigenvalue weighted by atomic mass is 10.1. The fourth-order valence-corrected chi connectivity index (χ4v) is 2.60. The number of nitrogen functional groups attached to an aromatic ring is 1. The van der Waals surface area contributed by atoms with E-state index >= 15 is 0 Å². The van der Waals surface area contributed by atoms with Crippen molar-refractivity contribution in [3.05, 3.63) is 35.7 Å². The Hall–Kier alpha value is -3.36. The molecule has 0 saturated heterocycles. The quantitative estimate of drug-likeness (QED) is 0.658. The molecule has 0 bridgehead atoms. The molecule has 0 atom stereocenters. The van der Waals surface area contributed by atoms with E-state index in [0.717, 1.165) is 19.4 Å². The van der Waals surface area contributed by atoms with Gasteiger partial charge in [-0.1, -0.05) is 13.3 Å². The van der Waals surface area contributed by atoms with E-state index in [2.05, 4.69) is 22.2 Å². The zero-order chi connectivity index (χ0) is 20.7. The first-order valence-corrected chi connectivity index (χ1v) is 8.81. The molecule has 0 aliphatic heterocycles. The number of carbonyl (C=O) groups excluding carboxylic acids is 2. The van der Waals surface area contributed by atoms with Gasteiger partial charge in [0.25, 0.3) is 0 Å². The van der Waals surface area contributed by atoms with Gasteiger partial charge in [-0.15, -0.1) is 0 Å². The highest BCUT2D eigenvalue weighted by atomic mass is 16.5. The van der Waals surface area contributed by atoms with Crippen LogP contribution in [0.4, 0.5) is 23.0 Å². The van der Waals surface area contributed by atoms with Crippen LogP contribution in [0.2, 0.25) is 0 Å². The lowest BCUT2D eigenvalue weighted by Crippen LogP contribution is -2.21. The Morgan fingerprint density at radius 1 is 1.11 bits per heavy atom. The Morgan fingerprint density at radius 3 is 2.25 bits per heavy atom. The summed E-state index contributed by atoms with van der Waals surface area (Å²) in [5, 5.41) is 3.04. The summed E-state index contributed by atoms with van der Waals surface area (Å²) >= 11 is 0. The summed E-state index contributed by atoms with van der Waals surface area (Å²) in [6, 6.07) is 4.48. The summed E-state index contributed by atoms with van der Waals surface area (Å²) in [6.07, 6.45) is 3.46. The largest absolute Gasteiger partial charge is 0.465 e. The highest BCUT2D eigenvalue weighted by molar-refractivity contribution is 5.97. The first-order valence-electron chi connectivity index (χ1n) is 8.81. The van der Waals surface area contributed by atoms with E-state index in [4.69, 9.17) is 15.2 Å². The number of nitrogens with zero attached hydrogens (tertiary/aromatic N) is 3. The van der Waals surface area contributed by atoms with Crippen molar-refractivity contribution in [2.75, 3.05) is 43.8 Å². The smallest absolute Gasteiger partial charge is 0.337 e. The molecule has 0 spiro atoms. The number of nitrogens with two attached hydrogens (primary N) is 1. The number of carbonyl (C=O) groups is 2. The fraction of sp³-hybridized carbons (Fsp3) is 0.368. The maximum absolute atomic E-state index is 11.9. The molecule has 9 heteroatoms. The summed E-state index contributed by atoms with van der Waals surface area (Å²) in [6.45, 7) is 2.92. The number of rotatable bonds is 8. The van der Waals surface area contributed by atoms with Gasteiger partial charge in [0, 0.05) is 19.3 Å². The molecule has 0 radical (unpaired) electrons. The van der Waals surface area contributed by atoms with E-state index in [1.807, 2.05) is 11.9 Å². The molecule has 150 valence electrons. The van der Waals surface area contributed by atoms with Crippen LogP contribution in [0.3, 0.4) is 0 Å². The number of unbranched alkanes of at least 4 members (excludes halogenated alkanes) is 1. The van der Waals surface area contributed by atoms with Crippen LogP contribution in [-0.4, -0.2) is 49.7 Å². The number of aromatic nitrogens is 2. The van der Waals surface area contributed by atoms with Gasteiger partial charge in [-0.25, -0.2) is 19.6 Å². The third kappa shape index (κ3) is 4.87. The number of benzene rings is 1. The van der Waals surface area contributed by atoms with Crippen molar-refractivity contribution in [1.29, 1.82) is 0 Å². The van der Waals surface area contributed by atoms with Crippen molar-refractivity contribution in [1.82, 2.24) is 9.97 Å². The van der Waals surface area contributed by atoms with Gasteiger partial charge in [0.2, 0.25) is 0 Å². The SMILES string of the molecule is CCCCN(C)c1ncnc(Nc2cc(C(=O)OC)cc(C(=O)OC)c2)c1N. The monoisotopic (exact) mass is 387 g/mol. The molecule has 9 nitrogen and oxygen atoms in total. The lowest BCUT2D eigenvalue weighted by Gasteiger charge is -2.20. The normalized spacial score (nSPS) is 10.3. The minimum Gasteiger partial charge on any atom is -0.465 e. The molecule has 0 aliphatic carbocycles. The zero-order valence-corrected chi connectivity index (χ0v) is 16.5. The average Bonchev–Trinajstić information content (AvgIpc) is 2.71. The van der Waals surface area contributed by atoms with Crippen LogP contribution in [-0.2, 0) is 9.47 Å². The molecule has 0 aliphatic rings. The predicted octanol–water partition coefficient (Wildman–Crippen LogP) is 2.61. The number of ether oxygens (including phenoxy) is 2. The van der Waals surface area contributed by atoms with Crippen molar-refractivity contribution in [2.45, 2.75) is 19.8 Å². The molecule has 3 N–H and O–H groups in total. The first-order chi connectivity index (χ1) is 13.4. The standard InChI is InChI=1S/C19H25N5O4/c1-5-6-7-24(2)17-15(20)16(21-11-22-17)23-14-9-12(18(25)27-3)8-13(10-14)19(26)28-4/h8-11H,5-7,20H2,1-4H3,(H,21,22,23). The summed E-state index contributed by atoms with van der Waals surface area (Å²) in [4.78, 5) is 34.3. The van der Waals surface area contributed by atoms with E-state index in [0.29, 0.717) is 23.0 Å². The van der Waals surface area contributed by atoms with E-state index in [1.165, 1.54) is 26.6 Å². The van der Waals surface area contributed by atoms with Crippen LogP contribution < -0.4 is 16.0 Å². The lowest BCUT2D eigenvalue weighted by molar-refractivity contribution is 0.0599.